The first kappa shape index (κ1) is 10.3. The van der Waals surface area contributed by atoms with E-state index >= 15 is 0 Å². The third kappa shape index (κ3) is 2.08. The average Bonchev–Trinajstić information content (AvgIpc) is 2.18. The summed E-state index contributed by atoms with van der Waals surface area (Å²) in [6, 6.07) is 6.25. The molecule has 0 aliphatic carbocycles. The van der Waals surface area contributed by atoms with Crippen LogP contribution >= 0.6 is 23.4 Å². The number of halogens is 1. The van der Waals surface area contributed by atoms with E-state index in [9.17, 15) is 0 Å². The largest absolute Gasteiger partial charge is 0.319 e. The van der Waals surface area contributed by atoms with Gasteiger partial charge in [-0.15, -0.1) is 11.8 Å². The van der Waals surface area contributed by atoms with Crippen LogP contribution in [-0.2, 0) is 0 Å². The fraction of sp³-hybridized carbons (Fsp3) is 0.455. The molecule has 0 spiro atoms. The van der Waals surface area contributed by atoms with Crippen LogP contribution in [0.4, 0.5) is 0 Å². The molecule has 3 heteroatoms. The minimum atomic E-state index is 0.661. The number of nitrogens with one attached hydrogen (secondary N) is 1. The number of benzene rings is 1. The van der Waals surface area contributed by atoms with Crippen molar-refractivity contribution in [2.45, 2.75) is 17.2 Å². The van der Waals surface area contributed by atoms with Crippen molar-refractivity contribution >= 4 is 23.4 Å². The molecule has 1 atom stereocenters. The highest BCUT2D eigenvalue weighted by Gasteiger charge is 2.19. The van der Waals surface area contributed by atoms with Crippen molar-refractivity contribution < 1.29 is 0 Å². The minimum absolute atomic E-state index is 0.661. The summed E-state index contributed by atoms with van der Waals surface area (Å²) in [5.41, 5.74) is 1.46. The van der Waals surface area contributed by atoms with Gasteiger partial charge in [-0.25, -0.2) is 0 Å². The summed E-state index contributed by atoms with van der Waals surface area (Å²) in [6.45, 7) is 1.06. The van der Waals surface area contributed by atoms with Crippen LogP contribution in [0.2, 0.25) is 5.02 Å². The Balaban J connectivity index is 2.30. The Hall–Kier alpha value is -0.180. The first-order valence-electron chi connectivity index (χ1n) is 4.88. The van der Waals surface area contributed by atoms with E-state index in [1.165, 1.54) is 22.6 Å². The van der Waals surface area contributed by atoms with E-state index in [2.05, 4.69) is 17.4 Å². The Morgan fingerprint density at radius 2 is 2.43 bits per heavy atom. The topological polar surface area (TPSA) is 12.0 Å². The molecule has 0 amide bonds. The lowest BCUT2D eigenvalue weighted by Gasteiger charge is -2.24. The predicted molar refractivity (Wildman–Crippen MR) is 63.5 cm³/mol. The zero-order valence-corrected chi connectivity index (χ0v) is 9.79. The summed E-state index contributed by atoms with van der Waals surface area (Å²) in [5, 5.41) is 4.10. The Morgan fingerprint density at radius 3 is 3.21 bits per heavy atom. The molecule has 0 saturated carbocycles. The fourth-order valence-electron chi connectivity index (χ4n) is 1.90. The highest BCUT2D eigenvalue weighted by molar-refractivity contribution is 7.99. The van der Waals surface area contributed by atoms with Crippen molar-refractivity contribution in [3.05, 3.63) is 28.8 Å². The SMILES string of the molecule is CNCC1CCSc2cc(Cl)ccc21. The molecule has 0 fully saturated rings. The minimum Gasteiger partial charge on any atom is -0.319 e. The maximum Gasteiger partial charge on any atom is 0.0417 e. The lowest BCUT2D eigenvalue weighted by molar-refractivity contribution is 0.600. The Morgan fingerprint density at radius 1 is 1.57 bits per heavy atom. The van der Waals surface area contributed by atoms with Gasteiger partial charge in [0.05, 0.1) is 0 Å². The quantitative estimate of drug-likeness (QED) is 0.833. The lowest BCUT2D eigenvalue weighted by atomic mass is 9.96. The van der Waals surface area contributed by atoms with Gasteiger partial charge in [-0.1, -0.05) is 17.7 Å². The lowest BCUT2D eigenvalue weighted by Crippen LogP contribution is -2.20. The second-order valence-corrected chi connectivity index (χ2v) is 5.15. The molecule has 0 bridgehead atoms. The number of fused-ring (bicyclic) bond motifs is 1. The van der Waals surface area contributed by atoms with Crippen molar-refractivity contribution in [2.24, 2.45) is 0 Å². The molecule has 0 radical (unpaired) electrons. The molecular weight excluding hydrogens is 214 g/mol. The van der Waals surface area contributed by atoms with Crippen LogP contribution in [0.5, 0.6) is 0 Å². The number of hydrogen-bond acceptors (Lipinski definition) is 2. The molecule has 14 heavy (non-hydrogen) atoms. The van der Waals surface area contributed by atoms with Crippen molar-refractivity contribution in [3.8, 4) is 0 Å². The van der Waals surface area contributed by atoms with E-state index in [0.29, 0.717) is 5.92 Å². The Kier molecular flexibility index (Phi) is 3.37. The van der Waals surface area contributed by atoms with Crippen molar-refractivity contribution in [2.75, 3.05) is 19.3 Å². The summed E-state index contributed by atoms with van der Waals surface area (Å²) in [5.74, 6) is 1.87. The summed E-state index contributed by atoms with van der Waals surface area (Å²) >= 11 is 7.89. The summed E-state index contributed by atoms with van der Waals surface area (Å²) in [4.78, 5) is 1.36. The Labute approximate surface area is 94.2 Å². The van der Waals surface area contributed by atoms with E-state index in [1.807, 2.05) is 24.9 Å². The van der Waals surface area contributed by atoms with Gasteiger partial charge in [0.25, 0.3) is 0 Å². The molecule has 1 aromatic carbocycles. The van der Waals surface area contributed by atoms with Crippen LogP contribution in [0.3, 0.4) is 0 Å². The first-order chi connectivity index (χ1) is 6.81. The molecule has 1 unspecified atom stereocenters. The van der Waals surface area contributed by atoms with E-state index < -0.39 is 0 Å². The van der Waals surface area contributed by atoms with Crippen molar-refractivity contribution in [1.29, 1.82) is 0 Å². The predicted octanol–water partition coefficient (Wildman–Crippen LogP) is 3.14. The van der Waals surface area contributed by atoms with E-state index in [-0.39, 0.29) is 0 Å². The third-order valence-corrected chi connectivity index (χ3v) is 3.93. The van der Waals surface area contributed by atoms with Crippen LogP contribution in [0.15, 0.2) is 23.1 Å². The monoisotopic (exact) mass is 227 g/mol. The van der Waals surface area contributed by atoms with Crippen LogP contribution in [-0.4, -0.2) is 19.3 Å². The highest BCUT2D eigenvalue weighted by atomic mass is 35.5. The molecule has 76 valence electrons. The highest BCUT2D eigenvalue weighted by Crippen LogP contribution is 2.38. The molecule has 1 heterocycles. The van der Waals surface area contributed by atoms with Gasteiger partial charge in [-0.2, -0.15) is 0 Å². The normalized spacial score (nSPS) is 20.6. The maximum absolute atomic E-state index is 5.97. The zero-order chi connectivity index (χ0) is 9.97. The van der Waals surface area contributed by atoms with Gasteiger partial charge in [0, 0.05) is 16.5 Å². The zero-order valence-electron chi connectivity index (χ0n) is 8.22. The molecule has 1 aromatic rings. The van der Waals surface area contributed by atoms with Gasteiger partial charge in [0.1, 0.15) is 0 Å². The van der Waals surface area contributed by atoms with Crippen LogP contribution in [0.25, 0.3) is 0 Å². The fourth-order valence-corrected chi connectivity index (χ4v) is 3.37. The summed E-state index contributed by atoms with van der Waals surface area (Å²) < 4.78 is 0. The van der Waals surface area contributed by atoms with Gasteiger partial charge >= 0.3 is 0 Å². The van der Waals surface area contributed by atoms with Gasteiger partial charge in [0.15, 0.2) is 0 Å². The average molecular weight is 228 g/mol. The second kappa shape index (κ2) is 4.56. The maximum atomic E-state index is 5.97. The van der Waals surface area contributed by atoms with Gasteiger partial charge in [0.2, 0.25) is 0 Å². The smallest absolute Gasteiger partial charge is 0.0417 e. The number of likely N-dealkylation sites (N-methyl/N-ethyl adjacent to an activating group) is 1. The van der Waals surface area contributed by atoms with E-state index in [1.54, 1.807) is 0 Å². The number of thioether (sulfide) groups is 1. The molecule has 1 N–H and O–H groups in total. The van der Waals surface area contributed by atoms with Crippen LogP contribution in [0.1, 0.15) is 17.9 Å². The van der Waals surface area contributed by atoms with Gasteiger partial charge in [-0.3, -0.25) is 0 Å². The van der Waals surface area contributed by atoms with Crippen LogP contribution < -0.4 is 5.32 Å². The molecule has 1 nitrogen and oxygen atoms in total. The molecule has 1 aliphatic heterocycles. The van der Waals surface area contributed by atoms with Gasteiger partial charge < -0.3 is 5.32 Å². The standard InChI is InChI=1S/C11H14ClNS/c1-13-7-8-4-5-14-11-6-9(12)2-3-10(8)11/h2-3,6,8,13H,4-5,7H2,1H3. The molecule has 1 aliphatic rings. The van der Waals surface area contributed by atoms with E-state index in [4.69, 9.17) is 11.6 Å². The molecule has 0 saturated heterocycles. The first-order valence-corrected chi connectivity index (χ1v) is 6.24. The Bertz CT molecular complexity index is 327. The van der Waals surface area contributed by atoms with Crippen LogP contribution in [0, 0.1) is 0 Å². The second-order valence-electron chi connectivity index (χ2n) is 3.57. The van der Waals surface area contributed by atoms with Crippen molar-refractivity contribution in [3.63, 3.8) is 0 Å². The van der Waals surface area contributed by atoms with E-state index in [0.717, 1.165) is 11.6 Å². The van der Waals surface area contributed by atoms with Gasteiger partial charge in [-0.05, 0) is 42.8 Å². The molecule has 2 rings (SSSR count). The molecular formula is C11H14ClNS. The molecule has 0 aromatic heterocycles. The summed E-state index contributed by atoms with van der Waals surface area (Å²) in [6.07, 6.45) is 1.26. The third-order valence-electron chi connectivity index (χ3n) is 2.59. The number of hydrogen-bond donors (Lipinski definition) is 1. The van der Waals surface area contributed by atoms with Crippen molar-refractivity contribution in [1.82, 2.24) is 5.32 Å². The summed E-state index contributed by atoms with van der Waals surface area (Å²) in [7, 11) is 2.01. The number of rotatable bonds is 2.